The Balaban J connectivity index is 1.78. The van der Waals surface area contributed by atoms with E-state index in [2.05, 4.69) is 10.2 Å². The van der Waals surface area contributed by atoms with Gasteiger partial charge in [0.05, 0.1) is 29.4 Å². The lowest BCUT2D eigenvalue weighted by Crippen LogP contribution is -2.35. The van der Waals surface area contributed by atoms with Crippen LogP contribution in [0.15, 0.2) is 42.5 Å². The van der Waals surface area contributed by atoms with Crippen LogP contribution in [0.4, 0.5) is 22.7 Å². The maximum atomic E-state index is 12.0. The van der Waals surface area contributed by atoms with Crippen LogP contribution in [0.1, 0.15) is 23.2 Å². The Morgan fingerprint density at radius 3 is 2.48 bits per heavy atom. The van der Waals surface area contributed by atoms with E-state index in [-0.39, 0.29) is 17.4 Å². The molecule has 2 N–H and O–H groups in total. The third kappa shape index (κ3) is 4.35. The molecule has 1 fully saturated rings. The largest absolute Gasteiger partial charge is 0.465 e. The van der Waals surface area contributed by atoms with Crippen LogP contribution in [0.5, 0.6) is 0 Å². The summed E-state index contributed by atoms with van der Waals surface area (Å²) >= 11 is 0. The highest BCUT2D eigenvalue weighted by molar-refractivity contribution is 5.97. The molecule has 0 atom stereocenters. The normalized spacial score (nSPS) is 14.7. The number of rotatable bonds is 5. The molecule has 1 heterocycles. The molecular formula is C19H21N3O5. The summed E-state index contributed by atoms with van der Waals surface area (Å²) in [6.07, 6.45) is 1.29. The maximum Gasteiger partial charge on any atom is 0.340 e. The van der Waals surface area contributed by atoms with Crippen LogP contribution in [0, 0.1) is 10.1 Å². The summed E-state index contributed by atoms with van der Waals surface area (Å²) in [4.78, 5) is 24.6. The van der Waals surface area contributed by atoms with Gasteiger partial charge in [0.25, 0.3) is 5.69 Å². The summed E-state index contributed by atoms with van der Waals surface area (Å²) in [5.41, 5.74) is 2.16. The Bertz CT molecular complexity index is 830. The molecule has 0 unspecified atom stereocenters. The smallest absolute Gasteiger partial charge is 0.340 e. The lowest BCUT2D eigenvalue weighted by atomic mass is 10.1. The highest BCUT2D eigenvalue weighted by Gasteiger charge is 2.19. The second-order valence-corrected chi connectivity index (χ2v) is 6.37. The summed E-state index contributed by atoms with van der Waals surface area (Å²) in [5.74, 6) is -0.648. The van der Waals surface area contributed by atoms with E-state index in [1.165, 1.54) is 25.3 Å². The lowest BCUT2D eigenvalue weighted by Gasteiger charge is -2.31. The van der Waals surface area contributed by atoms with Crippen molar-refractivity contribution in [3.05, 3.63) is 58.1 Å². The van der Waals surface area contributed by atoms with Gasteiger partial charge in [0.2, 0.25) is 0 Å². The zero-order valence-corrected chi connectivity index (χ0v) is 14.9. The second kappa shape index (κ2) is 8.05. The predicted molar refractivity (Wildman–Crippen MR) is 102 cm³/mol. The first-order valence-electron chi connectivity index (χ1n) is 8.65. The van der Waals surface area contributed by atoms with Gasteiger partial charge in [-0.2, -0.15) is 0 Å². The van der Waals surface area contributed by atoms with Gasteiger partial charge in [-0.3, -0.25) is 10.1 Å². The maximum absolute atomic E-state index is 12.0. The number of nitro groups is 1. The summed E-state index contributed by atoms with van der Waals surface area (Å²) in [6.45, 7) is 1.62. The molecule has 27 heavy (non-hydrogen) atoms. The van der Waals surface area contributed by atoms with E-state index in [9.17, 15) is 20.0 Å². The van der Waals surface area contributed by atoms with Gasteiger partial charge in [-0.25, -0.2) is 4.79 Å². The van der Waals surface area contributed by atoms with Gasteiger partial charge >= 0.3 is 5.97 Å². The Morgan fingerprint density at radius 1 is 1.22 bits per heavy atom. The van der Waals surface area contributed by atoms with E-state index < -0.39 is 10.9 Å². The minimum Gasteiger partial charge on any atom is -0.465 e. The lowest BCUT2D eigenvalue weighted by molar-refractivity contribution is -0.384. The number of non-ortho nitro benzene ring substituents is 1. The molecule has 1 saturated heterocycles. The predicted octanol–water partition coefficient (Wildman–Crippen LogP) is 3.09. The Hall–Kier alpha value is -3.13. The standard InChI is InChI=1S/C19H21N3O5/c1-27-19(24)17-12-15(22(25)26)6-7-18(17)20-13-2-4-14(5-3-13)21-10-8-16(23)9-11-21/h2-7,12,16,20,23H,8-11H2,1H3. The summed E-state index contributed by atoms with van der Waals surface area (Å²) in [7, 11) is 1.23. The number of esters is 1. The SMILES string of the molecule is COC(=O)c1cc([N+](=O)[O-])ccc1Nc1ccc(N2CCC(O)CC2)cc1. The van der Waals surface area contributed by atoms with Gasteiger partial charge in [0.1, 0.15) is 0 Å². The third-order valence-corrected chi connectivity index (χ3v) is 4.60. The third-order valence-electron chi connectivity index (χ3n) is 4.60. The van der Waals surface area contributed by atoms with E-state index in [1.54, 1.807) is 0 Å². The number of nitro benzene ring substituents is 1. The molecule has 0 aromatic heterocycles. The minimum absolute atomic E-state index is 0.0980. The van der Waals surface area contributed by atoms with E-state index in [4.69, 9.17) is 4.74 Å². The van der Waals surface area contributed by atoms with Crippen molar-refractivity contribution in [3.8, 4) is 0 Å². The molecular weight excluding hydrogens is 350 g/mol. The summed E-state index contributed by atoms with van der Waals surface area (Å²) in [5, 5.41) is 23.7. The summed E-state index contributed by atoms with van der Waals surface area (Å²) in [6, 6.07) is 11.7. The van der Waals surface area contributed by atoms with Crippen molar-refractivity contribution in [3.63, 3.8) is 0 Å². The monoisotopic (exact) mass is 371 g/mol. The number of benzene rings is 2. The van der Waals surface area contributed by atoms with Crippen LogP contribution in [-0.2, 0) is 4.74 Å². The van der Waals surface area contributed by atoms with Crippen LogP contribution in [0.2, 0.25) is 0 Å². The fourth-order valence-corrected chi connectivity index (χ4v) is 3.07. The highest BCUT2D eigenvalue weighted by atomic mass is 16.6. The van der Waals surface area contributed by atoms with E-state index in [0.717, 1.165) is 37.3 Å². The minimum atomic E-state index is -0.648. The molecule has 0 saturated carbocycles. The van der Waals surface area contributed by atoms with Gasteiger partial charge < -0.3 is 20.1 Å². The van der Waals surface area contributed by atoms with Crippen LogP contribution in [0.25, 0.3) is 0 Å². The van der Waals surface area contributed by atoms with Gasteiger partial charge in [0, 0.05) is 36.6 Å². The molecule has 142 valence electrons. The molecule has 2 aromatic carbocycles. The first kappa shape index (κ1) is 18.7. The number of hydrogen-bond donors (Lipinski definition) is 2. The fourth-order valence-electron chi connectivity index (χ4n) is 3.07. The summed E-state index contributed by atoms with van der Waals surface area (Å²) < 4.78 is 4.73. The van der Waals surface area contributed by atoms with Gasteiger partial charge in [-0.1, -0.05) is 0 Å². The zero-order valence-electron chi connectivity index (χ0n) is 14.9. The van der Waals surface area contributed by atoms with Crippen molar-refractivity contribution in [2.45, 2.75) is 18.9 Å². The van der Waals surface area contributed by atoms with Crippen molar-refractivity contribution in [1.82, 2.24) is 0 Å². The number of nitrogens with zero attached hydrogens (tertiary/aromatic N) is 2. The van der Waals surface area contributed by atoms with E-state index in [0.29, 0.717) is 5.69 Å². The van der Waals surface area contributed by atoms with Crippen molar-refractivity contribution < 1.29 is 19.6 Å². The van der Waals surface area contributed by atoms with Crippen LogP contribution < -0.4 is 10.2 Å². The molecule has 0 radical (unpaired) electrons. The van der Waals surface area contributed by atoms with Crippen molar-refractivity contribution in [2.75, 3.05) is 30.4 Å². The number of hydrogen-bond acceptors (Lipinski definition) is 7. The van der Waals surface area contributed by atoms with Crippen LogP contribution in [0.3, 0.4) is 0 Å². The zero-order chi connectivity index (χ0) is 19.4. The number of piperidine rings is 1. The first-order chi connectivity index (χ1) is 13.0. The average molecular weight is 371 g/mol. The van der Waals surface area contributed by atoms with Gasteiger partial charge in [-0.05, 0) is 43.2 Å². The number of aliphatic hydroxyl groups excluding tert-OH is 1. The number of anilines is 3. The second-order valence-electron chi connectivity index (χ2n) is 6.37. The van der Waals surface area contributed by atoms with Crippen molar-refractivity contribution in [1.29, 1.82) is 0 Å². The number of methoxy groups -OCH3 is 1. The van der Waals surface area contributed by atoms with Crippen LogP contribution >= 0.6 is 0 Å². The number of ether oxygens (including phenoxy) is 1. The van der Waals surface area contributed by atoms with Crippen molar-refractivity contribution in [2.24, 2.45) is 0 Å². The molecule has 0 bridgehead atoms. The molecule has 1 aliphatic rings. The Kier molecular flexibility index (Phi) is 5.56. The average Bonchev–Trinajstić information content (AvgIpc) is 2.69. The van der Waals surface area contributed by atoms with E-state index >= 15 is 0 Å². The highest BCUT2D eigenvalue weighted by Crippen LogP contribution is 2.28. The molecule has 3 rings (SSSR count). The fraction of sp³-hybridized carbons (Fsp3) is 0.316. The topological polar surface area (TPSA) is 105 Å². The number of carbonyl (C=O) groups is 1. The number of carbonyl (C=O) groups excluding carboxylic acids is 1. The molecule has 8 heteroatoms. The molecule has 2 aromatic rings. The molecule has 1 aliphatic heterocycles. The number of nitrogens with one attached hydrogen (secondary N) is 1. The van der Waals surface area contributed by atoms with E-state index in [1.807, 2.05) is 24.3 Å². The van der Waals surface area contributed by atoms with Crippen LogP contribution in [-0.4, -0.2) is 42.3 Å². The molecule has 0 aliphatic carbocycles. The van der Waals surface area contributed by atoms with Gasteiger partial charge in [-0.15, -0.1) is 0 Å². The Labute approximate surface area is 156 Å². The molecule has 8 nitrogen and oxygen atoms in total. The first-order valence-corrected chi connectivity index (χ1v) is 8.65. The quantitative estimate of drug-likeness (QED) is 0.473. The Morgan fingerprint density at radius 2 is 1.89 bits per heavy atom. The molecule has 0 spiro atoms. The molecule has 0 amide bonds. The van der Waals surface area contributed by atoms with Gasteiger partial charge in [0.15, 0.2) is 0 Å². The number of aliphatic hydroxyl groups is 1. The van der Waals surface area contributed by atoms with Crippen molar-refractivity contribution >= 4 is 28.7 Å².